The Balaban J connectivity index is 1.36. The third-order valence-electron chi connectivity index (χ3n) is 5.23. The molecule has 0 spiro atoms. The van der Waals surface area contributed by atoms with E-state index in [1.165, 1.54) is 0 Å². The van der Waals surface area contributed by atoms with Crippen molar-refractivity contribution in [1.29, 1.82) is 0 Å². The first kappa shape index (κ1) is 19.8. The summed E-state index contributed by atoms with van der Waals surface area (Å²) < 4.78 is 1.99. The summed E-state index contributed by atoms with van der Waals surface area (Å²) in [6.45, 7) is 4.49. The SMILES string of the molecule is Cc1cn(-c2ccc(N3CCN(CCc4cccc(Cl)c4Cl)C(=O)C3)cc2)cn1. The van der Waals surface area contributed by atoms with Gasteiger partial charge in [-0.2, -0.15) is 0 Å². The molecule has 7 heteroatoms. The predicted octanol–water partition coefficient (Wildman–Crippen LogP) is 4.38. The van der Waals surface area contributed by atoms with E-state index in [-0.39, 0.29) is 5.91 Å². The van der Waals surface area contributed by atoms with E-state index in [0.717, 1.165) is 29.2 Å². The van der Waals surface area contributed by atoms with Gasteiger partial charge < -0.3 is 14.4 Å². The maximum absolute atomic E-state index is 12.7. The van der Waals surface area contributed by atoms with Crippen molar-refractivity contribution in [3.05, 3.63) is 76.3 Å². The summed E-state index contributed by atoms with van der Waals surface area (Å²) in [4.78, 5) is 20.9. The second-order valence-electron chi connectivity index (χ2n) is 7.20. The van der Waals surface area contributed by atoms with E-state index < -0.39 is 0 Å². The number of aromatic nitrogens is 2. The highest BCUT2D eigenvalue weighted by Gasteiger charge is 2.24. The van der Waals surface area contributed by atoms with Crippen molar-refractivity contribution in [3.8, 4) is 5.69 Å². The summed E-state index contributed by atoms with van der Waals surface area (Å²) in [6.07, 6.45) is 4.49. The van der Waals surface area contributed by atoms with Gasteiger partial charge in [-0.3, -0.25) is 4.79 Å². The van der Waals surface area contributed by atoms with Crippen LogP contribution in [0.1, 0.15) is 11.3 Å². The molecule has 1 aromatic heterocycles. The topological polar surface area (TPSA) is 41.4 Å². The average molecular weight is 429 g/mol. The van der Waals surface area contributed by atoms with Gasteiger partial charge in [0.15, 0.2) is 0 Å². The van der Waals surface area contributed by atoms with Crippen LogP contribution in [-0.2, 0) is 11.2 Å². The first-order valence-electron chi connectivity index (χ1n) is 9.58. The van der Waals surface area contributed by atoms with Crippen molar-refractivity contribution in [2.24, 2.45) is 0 Å². The van der Waals surface area contributed by atoms with E-state index in [0.29, 0.717) is 36.1 Å². The Bertz CT molecular complexity index is 1020. The van der Waals surface area contributed by atoms with E-state index in [9.17, 15) is 4.79 Å². The number of anilines is 1. The Kier molecular flexibility index (Phi) is 5.79. The predicted molar refractivity (Wildman–Crippen MR) is 117 cm³/mol. The molecule has 0 unspecified atom stereocenters. The van der Waals surface area contributed by atoms with Crippen LogP contribution in [0.2, 0.25) is 10.0 Å². The van der Waals surface area contributed by atoms with Crippen LogP contribution in [0.3, 0.4) is 0 Å². The van der Waals surface area contributed by atoms with Gasteiger partial charge in [-0.25, -0.2) is 4.98 Å². The van der Waals surface area contributed by atoms with Gasteiger partial charge in [-0.1, -0.05) is 35.3 Å². The first-order valence-corrected chi connectivity index (χ1v) is 10.3. The minimum Gasteiger partial charge on any atom is -0.360 e. The zero-order chi connectivity index (χ0) is 20.4. The standard InChI is InChI=1S/C22H22Cl2N4O/c1-16-13-28(15-25-16)19-7-5-18(6-8-19)27-12-11-26(21(29)14-27)10-9-17-3-2-4-20(23)22(17)24/h2-8,13,15H,9-12,14H2,1H3. The van der Waals surface area contributed by atoms with Crippen LogP contribution < -0.4 is 4.90 Å². The van der Waals surface area contributed by atoms with Gasteiger partial charge in [0.2, 0.25) is 5.91 Å². The molecule has 1 aliphatic rings. The Morgan fingerprint density at radius 3 is 2.48 bits per heavy atom. The molecular formula is C22H22Cl2N4O. The molecule has 2 aromatic carbocycles. The number of nitrogens with zero attached hydrogens (tertiary/aromatic N) is 4. The lowest BCUT2D eigenvalue weighted by Gasteiger charge is -2.35. The third kappa shape index (κ3) is 4.41. The van der Waals surface area contributed by atoms with E-state index in [1.54, 1.807) is 12.4 Å². The number of halogens is 2. The molecule has 1 fully saturated rings. The normalized spacial score (nSPS) is 14.5. The molecule has 0 bridgehead atoms. The summed E-state index contributed by atoms with van der Waals surface area (Å²) in [5.74, 6) is 0.128. The van der Waals surface area contributed by atoms with Gasteiger partial charge in [0.25, 0.3) is 0 Å². The molecule has 1 amide bonds. The smallest absolute Gasteiger partial charge is 0.242 e. The average Bonchev–Trinajstić information content (AvgIpc) is 3.16. The number of carbonyl (C=O) groups excluding carboxylic acids is 1. The molecule has 0 radical (unpaired) electrons. The number of aryl methyl sites for hydroxylation is 1. The molecule has 0 saturated carbocycles. The summed E-state index contributed by atoms with van der Waals surface area (Å²) >= 11 is 12.3. The van der Waals surface area contributed by atoms with Crippen LogP contribution in [0.5, 0.6) is 0 Å². The highest BCUT2D eigenvalue weighted by atomic mass is 35.5. The summed E-state index contributed by atoms with van der Waals surface area (Å²) in [5.41, 5.74) is 4.06. The fourth-order valence-electron chi connectivity index (χ4n) is 3.56. The number of imidazole rings is 1. The van der Waals surface area contributed by atoms with Crippen molar-refractivity contribution >= 4 is 34.8 Å². The zero-order valence-electron chi connectivity index (χ0n) is 16.2. The fourth-order valence-corrected chi connectivity index (χ4v) is 3.97. The molecule has 3 aromatic rings. The summed E-state index contributed by atoms with van der Waals surface area (Å²) in [6, 6.07) is 13.8. The van der Waals surface area contributed by atoms with Gasteiger partial charge in [0, 0.05) is 37.2 Å². The number of piperazine rings is 1. The van der Waals surface area contributed by atoms with Crippen LogP contribution in [0.4, 0.5) is 5.69 Å². The Morgan fingerprint density at radius 1 is 1.03 bits per heavy atom. The maximum Gasteiger partial charge on any atom is 0.242 e. The number of hydrogen-bond acceptors (Lipinski definition) is 3. The lowest BCUT2D eigenvalue weighted by atomic mass is 10.1. The van der Waals surface area contributed by atoms with Gasteiger partial charge in [0.05, 0.1) is 28.6 Å². The van der Waals surface area contributed by atoms with Crippen molar-refractivity contribution in [2.45, 2.75) is 13.3 Å². The van der Waals surface area contributed by atoms with Gasteiger partial charge in [0.1, 0.15) is 0 Å². The second kappa shape index (κ2) is 8.47. The molecule has 150 valence electrons. The molecule has 29 heavy (non-hydrogen) atoms. The van der Waals surface area contributed by atoms with Crippen molar-refractivity contribution in [3.63, 3.8) is 0 Å². The first-order chi connectivity index (χ1) is 14.0. The molecule has 1 saturated heterocycles. The van der Waals surface area contributed by atoms with E-state index >= 15 is 0 Å². The number of rotatable bonds is 5. The molecule has 5 nitrogen and oxygen atoms in total. The monoisotopic (exact) mass is 428 g/mol. The minimum atomic E-state index is 0.128. The largest absolute Gasteiger partial charge is 0.360 e. The van der Waals surface area contributed by atoms with Gasteiger partial charge >= 0.3 is 0 Å². The Morgan fingerprint density at radius 2 is 1.79 bits per heavy atom. The highest BCUT2D eigenvalue weighted by molar-refractivity contribution is 6.42. The van der Waals surface area contributed by atoms with Crippen LogP contribution in [0, 0.1) is 6.92 Å². The quantitative estimate of drug-likeness (QED) is 0.605. The number of hydrogen-bond donors (Lipinski definition) is 0. The van der Waals surface area contributed by atoms with Crippen molar-refractivity contribution in [1.82, 2.24) is 14.5 Å². The zero-order valence-corrected chi connectivity index (χ0v) is 17.7. The van der Waals surface area contributed by atoms with Gasteiger partial charge in [-0.15, -0.1) is 0 Å². The lowest BCUT2D eigenvalue weighted by Crippen LogP contribution is -2.51. The molecule has 4 rings (SSSR count). The molecule has 2 heterocycles. The number of benzene rings is 2. The lowest BCUT2D eigenvalue weighted by molar-refractivity contribution is -0.130. The van der Waals surface area contributed by atoms with Crippen molar-refractivity contribution in [2.75, 3.05) is 31.1 Å². The number of carbonyl (C=O) groups is 1. The van der Waals surface area contributed by atoms with E-state index in [2.05, 4.69) is 34.1 Å². The molecule has 1 aliphatic heterocycles. The van der Waals surface area contributed by atoms with Crippen LogP contribution in [0.15, 0.2) is 55.0 Å². The van der Waals surface area contributed by atoms with E-state index in [1.807, 2.05) is 34.7 Å². The second-order valence-corrected chi connectivity index (χ2v) is 7.99. The minimum absolute atomic E-state index is 0.128. The highest BCUT2D eigenvalue weighted by Crippen LogP contribution is 2.26. The molecule has 0 aliphatic carbocycles. The maximum atomic E-state index is 12.7. The van der Waals surface area contributed by atoms with Gasteiger partial charge in [-0.05, 0) is 49.2 Å². The van der Waals surface area contributed by atoms with Crippen molar-refractivity contribution < 1.29 is 4.79 Å². The summed E-state index contributed by atoms with van der Waals surface area (Å²) in [7, 11) is 0. The number of amides is 1. The molecular weight excluding hydrogens is 407 g/mol. The van der Waals surface area contributed by atoms with Crippen LogP contribution >= 0.6 is 23.2 Å². The van der Waals surface area contributed by atoms with Crippen LogP contribution in [-0.4, -0.2) is 46.5 Å². The molecule has 0 atom stereocenters. The van der Waals surface area contributed by atoms with Crippen LogP contribution in [0.25, 0.3) is 5.69 Å². The fraction of sp³-hybridized carbons (Fsp3) is 0.273. The Hall–Kier alpha value is -2.50. The van der Waals surface area contributed by atoms with E-state index in [4.69, 9.17) is 23.2 Å². The molecule has 0 N–H and O–H groups in total. The summed E-state index contributed by atoms with van der Waals surface area (Å²) in [5, 5.41) is 1.13. The third-order valence-corrected chi connectivity index (χ3v) is 6.08. The Labute approximate surface area is 180 Å².